The summed E-state index contributed by atoms with van der Waals surface area (Å²) < 4.78 is 5.77. The third-order valence-electron chi connectivity index (χ3n) is 5.84. The summed E-state index contributed by atoms with van der Waals surface area (Å²) in [7, 11) is 0. The molecular formula is C18H36N2O. The molecule has 2 fully saturated rings. The van der Waals surface area contributed by atoms with Gasteiger partial charge in [0.2, 0.25) is 0 Å². The maximum absolute atomic E-state index is 5.77. The van der Waals surface area contributed by atoms with Crippen LogP contribution < -0.4 is 5.32 Å². The van der Waals surface area contributed by atoms with Crippen LogP contribution in [0.3, 0.4) is 0 Å². The highest BCUT2D eigenvalue weighted by molar-refractivity contribution is 4.95. The topological polar surface area (TPSA) is 24.5 Å². The van der Waals surface area contributed by atoms with Crippen LogP contribution in [0.15, 0.2) is 0 Å². The van der Waals surface area contributed by atoms with Gasteiger partial charge in [0.25, 0.3) is 0 Å². The van der Waals surface area contributed by atoms with Crippen LogP contribution in [0.1, 0.15) is 66.2 Å². The van der Waals surface area contributed by atoms with E-state index in [4.69, 9.17) is 4.74 Å². The van der Waals surface area contributed by atoms with Gasteiger partial charge in [-0.3, -0.25) is 4.90 Å². The average molecular weight is 296 g/mol. The van der Waals surface area contributed by atoms with Crippen molar-refractivity contribution in [3.05, 3.63) is 0 Å². The van der Waals surface area contributed by atoms with E-state index >= 15 is 0 Å². The third-order valence-corrected chi connectivity index (χ3v) is 5.84. The Labute approximate surface area is 131 Å². The molecule has 4 atom stereocenters. The van der Waals surface area contributed by atoms with E-state index in [-0.39, 0.29) is 0 Å². The molecule has 0 saturated carbocycles. The van der Waals surface area contributed by atoms with E-state index in [0.29, 0.717) is 17.7 Å². The Balaban J connectivity index is 1.86. The van der Waals surface area contributed by atoms with Crippen LogP contribution in [-0.2, 0) is 4.74 Å². The second kappa shape index (κ2) is 7.94. The van der Waals surface area contributed by atoms with Gasteiger partial charge in [-0.25, -0.2) is 0 Å². The Bertz CT molecular complexity index is 304. The zero-order chi connectivity index (χ0) is 15.3. The van der Waals surface area contributed by atoms with Gasteiger partial charge in [-0.05, 0) is 51.5 Å². The summed E-state index contributed by atoms with van der Waals surface area (Å²) in [5, 5.41) is 3.81. The van der Waals surface area contributed by atoms with E-state index in [2.05, 4.69) is 37.9 Å². The molecule has 0 aromatic heterocycles. The lowest BCUT2D eigenvalue weighted by atomic mass is 9.88. The summed E-state index contributed by atoms with van der Waals surface area (Å²) in [4.78, 5) is 2.77. The molecule has 124 valence electrons. The first-order chi connectivity index (χ1) is 10.1. The van der Waals surface area contributed by atoms with Crippen molar-refractivity contribution in [2.45, 2.75) is 83.9 Å². The zero-order valence-electron chi connectivity index (χ0n) is 14.7. The van der Waals surface area contributed by atoms with E-state index in [1.807, 2.05) is 0 Å². The molecule has 0 bridgehead atoms. The summed E-state index contributed by atoms with van der Waals surface area (Å²) in [6.07, 6.45) is 8.12. The largest absolute Gasteiger partial charge is 0.378 e. The standard InChI is InChI=1S/C18H36N2O/c1-5-15(3)17-13-19-18(4,6-2)14-20(17)11-7-9-16-10-8-12-21-16/h15-17,19H,5-14H2,1-4H3. The second-order valence-electron chi connectivity index (χ2n) is 7.50. The van der Waals surface area contributed by atoms with E-state index < -0.39 is 0 Å². The van der Waals surface area contributed by atoms with Gasteiger partial charge >= 0.3 is 0 Å². The van der Waals surface area contributed by atoms with Gasteiger partial charge in [-0.2, -0.15) is 0 Å². The Hall–Kier alpha value is -0.120. The van der Waals surface area contributed by atoms with Crippen LogP contribution in [-0.4, -0.2) is 48.8 Å². The number of nitrogens with zero attached hydrogens (tertiary/aromatic N) is 1. The minimum atomic E-state index is 0.299. The molecule has 2 rings (SSSR count). The summed E-state index contributed by atoms with van der Waals surface area (Å²) in [6.45, 7) is 14.0. The molecule has 21 heavy (non-hydrogen) atoms. The van der Waals surface area contributed by atoms with E-state index in [9.17, 15) is 0 Å². The quantitative estimate of drug-likeness (QED) is 0.779. The zero-order valence-corrected chi connectivity index (χ0v) is 14.7. The van der Waals surface area contributed by atoms with Crippen molar-refractivity contribution < 1.29 is 4.74 Å². The fraction of sp³-hybridized carbons (Fsp3) is 1.00. The first-order valence-electron chi connectivity index (χ1n) is 9.18. The number of hydrogen-bond acceptors (Lipinski definition) is 3. The first-order valence-corrected chi connectivity index (χ1v) is 9.18. The fourth-order valence-electron chi connectivity index (χ4n) is 3.81. The third kappa shape index (κ3) is 4.67. The SMILES string of the molecule is CCC(C)C1CNC(C)(CC)CN1CCCC1CCCO1. The van der Waals surface area contributed by atoms with Crippen LogP contribution in [0.2, 0.25) is 0 Å². The molecule has 2 aliphatic heterocycles. The van der Waals surface area contributed by atoms with Crippen LogP contribution in [0, 0.1) is 5.92 Å². The van der Waals surface area contributed by atoms with Crippen molar-refractivity contribution in [3.8, 4) is 0 Å². The smallest absolute Gasteiger partial charge is 0.0576 e. The fourth-order valence-corrected chi connectivity index (χ4v) is 3.81. The molecule has 3 nitrogen and oxygen atoms in total. The Morgan fingerprint density at radius 1 is 1.38 bits per heavy atom. The minimum Gasteiger partial charge on any atom is -0.378 e. The van der Waals surface area contributed by atoms with E-state index in [1.165, 1.54) is 51.6 Å². The number of rotatable bonds is 7. The predicted octanol–water partition coefficient (Wildman–Crippen LogP) is 3.43. The highest BCUT2D eigenvalue weighted by Crippen LogP contribution is 2.25. The minimum absolute atomic E-state index is 0.299. The number of nitrogens with one attached hydrogen (secondary N) is 1. The second-order valence-corrected chi connectivity index (χ2v) is 7.50. The van der Waals surface area contributed by atoms with Gasteiger partial charge < -0.3 is 10.1 Å². The molecular weight excluding hydrogens is 260 g/mol. The monoisotopic (exact) mass is 296 g/mol. The van der Waals surface area contributed by atoms with Gasteiger partial charge in [-0.15, -0.1) is 0 Å². The van der Waals surface area contributed by atoms with Crippen molar-refractivity contribution in [2.24, 2.45) is 5.92 Å². The van der Waals surface area contributed by atoms with Gasteiger partial charge in [0.15, 0.2) is 0 Å². The van der Waals surface area contributed by atoms with Crippen molar-refractivity contribution in [2.75, 3.05) is 26.2 Å². The van der Waals surface area contributed by atoms with Crippen molar-refractivity contribution >= 4 is 0 Å². The van der Waals surface area contributed by atoms with Gasteiger partial charge in [0.05, 0.1) is 6.10 Å². The van der Waals surface area contributed by atoms with E-state index in [1.54, 1.807) is 0 Å². The summed E-state index contributed by atoms with van der Waals surface area (Å²) in [6, 6.07) is 0.708. The summed E-state index contributed by atoms with van der Waals surface area (Å²) in [5.74, 6) is 0.779. The molecule has 0 aliphatic carbocycles. The Morgan fingerprint density at radius 3 is 2.81 bits per heavy atom. The van der Waals surface area contributed by atoms with Crippen molar-refractivity contribution in [1.82, 2.24) is 10.2 Å². The highest BCUT2D eigenvalue weighted by atomic mass is 16.5. The molecule has 0 radical (unpaired) electrons. The Kier molecular flexibility index (Phi) is 6.51. The van der Waals surface area contributed by atoms with Gasteiger partial charge in [0, 0.05) is 31.3 Å². The molecule has 2 saturated heterocycles. The lowest BCUT2D eigenvalue weighted by molar-refractivity contribution is 0.0467. The molecule has 2 heterocycles. The predicted molar refractivity (Wildman–Crippen MR) is 89.7 cm³/mol. The number of ether oxygens (including phenoxy) is 1. The molecule has 0 aromatic carbocycles. The summed E-state index contributed by atoms with van der Waals surface area (Å²) in [5.41, 5.74) is 0.299. The molecule has 2 aliphatic rings. The lowest BCUT2D eigenvalue weighted by Crippen LogP contribution is -2.64. The molecule has 3 heteroatoms. The van der Waals surface area contributed by atoms with Crippen LogP contribution in [0.5, 0.6) is 0 Å². The van der Waals surface area contributed by atoms with Gasteiger partial charge in [-0.1, -0.05) is 27.2 Å². The molecule has 4 unspecified atom stereocenters. The maximum Gasteiger partial charge on any atom is 0.0576 e. The van der Waals surface area contributed by atoms with Crippen molar-refractivity contribution in [1.29, 1.82) is 0 Å². The highest BCUT2D eigenvalue weighted by Gasteiger charge is 2.36. The normalized spacial score (nSPS) is 36.0. The van der Waals surface area contributed by atoms with Crippen LogP contribution >= 0.6 is 0 Å². The molecule has 0 spiro atoms. The van der Waals surface area contributed by atoms with Gasteiger partial charge in [0.1, 0.15) is 0 Å². The number of hydrogen-bond donors (Lipinski definition) is 1. The maximum atomic E-state index is 5.77. The lowest BCUT2D eigenvalue weighted by Gasteiger charge is -2.48. The van der Waals surface area contributed by atoms with E-state index in [0.717, 1.165) is 19.1 Å². The Morgan fingerprint density at radius 2 is 2.19 bits per heavy atom. The van der Waals surface area contributed by atoms with Crippen LogP contribution in [0.25, 0.3) is 0 Å². The van der Waals surface area contributed by atoms with Crippen LogP contribution in [0.4, 0.5) is 0 Å². The average Bonchev–Trinajstić information content (AvgIpc) is 3.00. The number of piperazine rings is 1. The molecule has 1 N–H and O–H groups in total. The van der Waals surface area contributed by atoms with Crippen molar-refractivity contribution in [3.63, 3.8) is 0 Å². The first kappa shape index (κ1) is 17.2. The molecule has 0 aromatic rings. The summed E-state index contributed by atoms with van der Waals surface area (Å²) >= 11 is 0. The molecule has 0 amide bonds.